The molecule has 0 aliphatic rings. The number of carboxylic acid groups (broad SMARTS) is 1. The van der Waals surface area contributed by atoms with Gasteiger partial charge < -0.3 is 9.84 Å². The van der Waals surface area contributed by atoms with Gasteiger partial charge in [-0.05, 0) is 18.1 Å². The highest BCUT2D eigenvalue weighted by atomic mass is 35.5. The first-order valence-corrected chi connectivity index (χ1v) is 5.60. The van der Waals surface area contributed by atoms with Gasteiger partial charge in [0.15, 0.2) is 6.10 Å². The van der Waals surface area contributed by atoms with Crippen LogP contribution in [0.3, 0.4) is 0 Å². The van der Waals surface area contributed by atoms with E-state index in [0.29, 0.717) is 18.1 Å². The topological polar surface area (TPSA) is 46.5 Å². The lowest BCUT2D eigenvalue weighted by Crippen LogP contribution is -2.26. The molecule has 0 heterocycles. The third-order valence-corrected chi connectivity index (χ3v) is 2.53. The molecule has 1 aromatic rings. The average molecular weight is 243 g/mol. The summed E-state index contributed by atoms with van der Waals surface area (Å²) in [6.07, 6.45) is 0.279. The van der Waals surface area contributed by atoms with Gasteiger partial charge in [-0.15, -0.1) is 0 Å². The van der Waals surface area contributed by atoms with Gasteiger partial charge in [-0.2, -0.15) is 0 Å². The highest BCUT2D eigenvalue weighted by molar-refractivity contribution is 6.31. The van der Waals surface area contributed by atoms with E-state index in [9.17, 15) is 4.79 Å². The van der Waals surface area contributed by atoms with Crippen LogP contribution in [-0.2, 0) is 16.0 Å². The third-order valence-electron chi connectivity index (χ3n) is 2.16. The average Bonchev–Trinajstić information content (AvgIpc) is 2.26. The molecule has 0 aliphatic heterocycles. The number of ether oxygens (including phenoxy) is 1. The minimum absolute atomic E-state index is 0.301. The summed E-state index contributed by atoms with van der Waals surface area (Å²) in [5.41, 5.74) is 0.799. The van der Waals surface area contributed by atoms with E-state index in [1.807, 2.05) is 25.1 Å². The molecule has 88 valence electrons. The van der Waals surface area contributed by atoms with Gasteiger partial charge in [0.1, 0.15) is 0 Å². The summed E-state index contributed by atoms with van der Waals surface area (Å²) in [6, 6.07) is 7.21. The van der Waals surface area contributed by atoms with Crippen LogP contribution in [0.15, 0.2) is 24.3 Å². The van der Waals surface area contributed by atoms with E-state index in [0.717, 1.165) is 12.0 Å². The number of aliphatic carboxylic acids is 1. The van der Waals surface area contributed by atoms with Gasteiger partial charge in [0, 0.05) is 18.1 Å². The van der Waals surface area contributed by atoms with E-state index in [2.05, 4.69) is 0 Å². The number of carboxylic acids is 1. The zero-order chi connectivity index (χ0) is 12.0. The third kappa shape index (κ3) is 3.83. The van der Waals surface area contributed by atoms with Gasteiger partial charge in [0.05, 0.1) is 0 Å². The number of benzene rings is 1. The molecule has 1 aromatic carbocycles. The number of hydrogen-bond donors (Lipinski definition) is 1. The predicted molar refractivity (Wildman–Crippen MR) is 62.8 cm³/mol. The van der Waals surface area contributed by atoms with Crippen molar-refractivity contribution < 1.29 is 14.6 Å². The SMILES string of the molecule is CCCO[C@@H](Cc1ccccc1Cl)C(=O)O. The van der Waals surface area contributed by atoms with Crippen molar-refractivity contribution in [3.05, 3.63) is 34.9 Å². The maximum atomic E-state index is 11.0. The van der Waals surface area contributed by atoms with Crippen LogP contribution in [0.5, 0.6) is 0 Å². The van der Waals surface area contributed by atoms with Crippen molar-refractivity contribution in [3.8, 4) is 0 Å². The summed E-state index contributed by atoms with van der Waals surface area (Å²) in [6.45, 7) is 2.38. The van der Waals surface area contributed by atoms with Crippen LogP contribution in [0, 0.1) is 0 Å². The van der Waals surface area contributed by atoms with Gasteiger partial charge in [-0.25, -0.2) is 4.79 Å². The first-order chi connectivity index (χ1) is 7.65. The van der Waals surface area contributed by atoms with Crippen LogP contribution in [0.25, 0.3) is 0 Å². The molecule has 1 atom stereocenters. The molecule has 0 saturated carbocycles. The number of rotatable bonds is 6. The molecule has 0 spiro atoms. The largest absolute Gasteiger partial charge is 0.479 e. The monoisotopic (exact) mass is 242 g/mol. The molecule has 0 aliphatic carbocycles. The molecule has 1 rings (SSSR count). The van der Waals surface area contributed by atoms with Crippen LogP contribution in [0.4, 0.5) is 0 Å². The maximum Gasteiger partial charge on any atom is 0.333 e. The zero-order valence-electron chi connectivity index (χ0n) is 9.15. The maximum absolute atomic E-state index is 11.0. The standard InChI is InChI=1S/C12H15ClO3/c1-2-7-16-11(12(14)15)8-9-5-3-4-6-10(9)13/h3-6,11H,2,7-8H2,1H3,(H,14,15)/t11-/m0/s1. The highest BCUT2D eigenvalue weighted by Crippen LogP contribution is 2.17. The summed E-state index contributed by atoms with van der Waals surface area (Å²) in [5.74, 6) is -0.951. The van der Waals surface area contributed by atoms with Crippen molar-refractivity contribution in [2.24, 2.45) is 0 Å². The summed E-state index contributed by atoms with van der Waals surface area (Å²) in [5, 5.41) is 9.56. The predicted octanol–water partition coefficient (Wildman–Crippen LogP) is 2.76. The van der Waals surface area contributed by atoms with Crippen molar-refractivity contribution in [1.29, 1.82) is 0 Å². The van der Waals surface area contributed by atoms with Crippen LogP contribution >= 0.6 is 11.6 Å². The van der Waals surface area contributed by atoms with Crippen LogP contribution in [0.2, 0.25) is 5.02 Å². The Morgan fingerprint density at radius 1 is 1.50 bits per heavy atom. The van der Waals surface area contributed by atoms with Crippen LogP contribution in [-0.4, -0.2) is 23.8 Å². The van der Waals surface area contributed by atoms with Crippen LogP contribution < -0.4 is 0 Å². The van der Waals surface area contributed by atoms with Gasteiger partial charge >= 0.3 is 5.97 Å². The Balaban J connectivity index is 2.68. The molecule has 0 saturated heterocycles. The number of halogens is 1. The molecule has 4 heteroatoms. The summed E-state index contributed by atoms with van der Waals surface area (Å²) < 4.78 is 5.25. The van der Waals surface area contributed by atoms with Gasteiger partial charge in [-0.1, -0.05) is 36.7 Å². The first-order valence-electron chi connectivity index (χ1n) is 5.23. The summed E-state index contributed by atoms with van der Waals surface area (Å²) >= 11 is 5.96. The summed E-state index contributed by atoms with van der Waals surface area (Å²) in [7, 11) is 0. The molecule has 0 bridgehead atoms. The van der Waals surface area contributed by atoms with E-state index in [-0.39, 0.29) is 0 Å². The minimum Gasteiger partial charge on any atom is -0.479 e. The molecule has 0 amide bonds. The lowest BCUT2D eigenvalue weighted by molar-refractivity contribution is -0.150. The Labute approximate surface area is 100.0 Å². The molecular weight excluding hydrogens is 228 g/mol. The Bertz CT molecular complexity index is 352. The van der Waals surface area contributed by atoms with E-state index in [1.165, 1.54) is 0 Å². The number of carbonyl (C=O) groups is 1. The molecule has 3 nitrogen and oxygen atoms in total. The normalized spacial score (nSPS) is 12.4. The Hall–Kier alpha value is -1.06. The van der Waals surface area contributed by atoms with Gasteiger partial charge in [-0.3, -0.25) is 0 Å². The van der Waals surface area contributed by atoms with Crippen LogP contribution in [0.1, 0.15) is 18.9 Å². The molecule has 0 fully saturated rings. The summed E-state index contributed by atoms with van der Waals surface area (Å²) in [4.78, 5) is 11.0. The van der Waals surface area contributed by atoms with E-state index in [1.54, 1.807) is 6.07 Å². The molecule has 0 radical (unpaired) electrons. The second-order valence-electron chi connectivity index (χ2n) is 3.49. The van der Waals surface area contributed by atoms with Crippen molar-refractivity contribution in [3.63, 3.8) is 0 Å². The van der Waals surface area contributed by atoms with E-state index in [4.69, 9.17) is 21.4 Å². The Kier molecular flexibility index (Phi) is 5.29. The Morgan fingerprint density at radius 2 is 2.19 bits per heavy atom. The van der Waals surface area contributed by atoms with E-state index < -0.39 is 12.1 Å². The number of hydrogen-bond acceptors (Lipinski definition) is 2. The van der Waals surface area contributed by atoms with Crippen molar-refractivity contribution >= 4 is 17.6 Å². The van der Waals surface area contributed by atoms with Crippen molar-refractivity contribution in [2.75, 3.05) is 6.61 Å². The second kappa shape index (κ2) is 6.51. The fourth-order valence-electron chi connectivity index (χ4n) is 1.34. The smallest absolute Gasteiger partial charge is 0.333 e. The van der Waals surface area contributed by atoms with Crippen molar-refractivity contribution in [2.45, 2.75) is 25.9 Å². The van der Waals surface area contributed by atoms with Gasteiger partial charge in [0.25, 0.3) is 0 Å². The Morgan fingerprint density at radius 3 is 2.75 bits per heavy atom. The fourth-order valence-corrected chi connectivity index (χ4v) is 1.55. The molecule has 1 N–H and O–H groups in total. The zero-order valence-corrected chi connectivity index (χ0v) is 9.91. The van der Waals surface area contributed by atoms with Crippen molar-refractivity contribution in [1.82, 2.24) is 0 Å². The van der Waals surface area contributed by atoms with Gasteiger partial charge in [0.2, 0.25) is 0 Å². The van der Waals surface area contributed by atoms with E-state index >= 15 is 0 Å². The second-order valence-corrected chi connectivity index (χ2v) is 3.90. The quantitative estimate of drug-likeness (QED) is 0.834. The first kappa shape index (κ1) is 13.0. The molecular formula is C12H15ClO3. The molecule has 0 aromatic heterocycles. The molecule has 0 unspecified atom stereocenters. The molecule has 16 heavy (non-hydrogen) atoms. The fraction of sp³-hybridized carbons (Fsp3) is 0.417. The highest BCUT2D eigenvalue weighted by Gasteiger charge is 2.19. The lowest BCUT2D eigenvalue weighted by Gasteiger charge is -2.13. The minimum atomic E-state index is -0.951. The lowest BCUT2D eigenvalue weighted by atomic mass is 10.1.